The van der Waals surface area contributed by atoms with Crippen molar-refractivity contribution in [1.82, 2.24) is 4.90 Å². The summed E-state index contributed by atoms with van der Waals surface area (Å²) in [7, 11) is 1.61. The van der Waals surface area contributed by atoms with Gasteiger partial charge in [-0.25, -0.2) is 0 Å². The average Bonchev–Trinajstić information content (AvgIpc) is 2.45. The van der Waals surface area contributed by atoms with Gasteiger partial charge in [0.2, 0.25) is 0 Å². The maximum Gasteiger partial charge on any atom is 0.253 e. The number of amides is 1. The van der Waals surface area contributed by atoms with Crippen LogP contribution in [0.4, 0.5) is 0 Å². The predicted octanol–water partition coefficient (Wildman–Crippen LogP) is 3.12. The Balaban J connectivity index is 2.34. The molecule has 1 aliphatic rings. The van der Waals surface area contributed by atoms with Crippen LogP contribution >= 0.6 is 0 Å². The summed E-state index contributed by atoms with van der Waals surface area (Å²) < 4.78 is 11.0. The molecule has 0 N–H and O–H groups in total. The number of nitrogens with zero attached hydrogens (tertiary/aromatic N) is 1. The van der Waals surface area contributed by atoms with Gasteiger partial charge in [0, 0.05) is 17.6 Å². The van der Waals surface area contributed by atoms with E-state index in [-0.39, 0.29) is 24.6 Å². The van der Waals surface area contributed by atoms with Crippen LogP contribution in [0.2, 0.25) is 0 Å². The van der Waals surface area contributed by atoms with Crippen molar-refractivity contribution in [3.8, 4) is 11.5 Å². The molecule has 1 amide bonds. The highest BCUT2D eigenvalue weighted by atomic mass is 16.5. The molecule has 4 heteroatoms. The highest BCUT2D eigenvalue weighted by Crippen LogP contribution is 2.35. The summed E-state index contributed by atoms with van der Waals surface area (Å²) in [5.74, 6) is 1.44. The molecule has 0 spiro atoms. The predicted molar refractivity (Wildman–Crippen MR) is 83.6 cm³/mol. The van der Waals surface area contributed by atoms with Crippen LogP contribution in [0.5, 0.6) is 11.5 Å². The van der Waals surface area contributed by atoms with Gasteiger partial charge in [-0.1, -0.05) is 12.1 Å². The van der Waals surface area contributed by atoms with Gasteiger partial charge >= 0.3 is 0 Å². The highest BCUT2D eigenvalue weighted by molar-refractivity contribution is 5.99. The van der Waals surface area contributed by atoms with E-state index in [2.05, 4.69) is 0 Å². The lowest BCUT2D eigenvalue weighted by Gasteiger charge is -2.32. The molecule has 4 nitrogen and oxygen atoms in total. The fourth-order valence-electron chi connectivity index (χ4n) is 2.70. The zero-order valence-electron chi connectivity index (χ0n) is 13.3. The number of hydrogen-bond acceptors (Lipinski definition) is 3. The quantitative estimate of drug-likeness (QED) is 0.855. The maximum absolute atomic E-state index is 12.7. The van der Waals surface area contributed by atoms with Gasteiger partial charge < -0.3 is 14.4 Å². The minimum Gasteiger partial charge on any atom is -0.493 e. The molecule has 0 unspecified atom stereocenters. The van der Waals surface area contributed by atoms with Gasteiger partial charge in [-0.3, -0.25) is 4.79 Å². The number of methoxy groups -OCH3 is 1. The first-order valence-electron chi connectivity index (χ1n) is 7.28. The number of benzene rings is 1. The fraction of sp³-hybridized carbons (Fsp3) is 0.471. The second-order valence-corrected chi connectivity index (χ2v) is 5.74. The lowest BCUT2D eigenvalue weighted by molar-refractivity contribution is -0.130. The summed E-state index contributed by atoms with van der Waals surface area (Å²) in [6.07, 6.45) is 1.90. The SMILES string of the molecule is COc1cccc2c1OCC(C(=O)N(C(C)C)C(C)C)=C2. The minimum atomic E-state index is 0.0356. The lowest BCUT2D eigenvalue weighted by Crippen LogP contribution is -2.43. The number of ether oxygens (including phenoxy) is 2. The third-order valence-electron chi connectivity index (χ3n) is 3.55. The van der Waals surface area contributed by atoms with Crippen molar-refractivity contribution in [2.24, 2.45) is 0 Å². The number of carbonyl (C=O) groups is 1. The summed E-state index contributed by atoms with van der Waals surface area (Å²) in [6, 6.07) is 6.00. The summed E-state index contributed by atoms with van der Waals surface area (Å²) in [5, 5.41) is 0. The molecule has 1 aromatic rings. The first kappa shape index (κ1) is 15.4. The third kappa shape index (κ3) is 3.04. The van der Waals surface area contributed by atoms with Crippen LogP contribution in [0, 0.1) is 0 Å². The maximum atomic E-state index is 12.7. The van der Waals surface area contributed by atoms with Crippen molar-refractivity contribution >= 4 is 12.0 Å². The van der Waals surface area contributed by atoms with E-state index in [1.807, 2.05) is 56.9 Å². The van der Waals surface area contributed by atoms with E-state index >= 15 is 0 Å². The van der Waals surface area contributed by atoms with Crippen LogP contribution in [0.3, 0.4) is 0 Å². The summed E-state index contributed by atoms with van der Waals surface area (Å²) >= 11 is 0. The van der Waals surface area contributed by atoms with E-state index in [0.717, 1.165) is 5.56 Å². The Hall–Kier alpha value is -1.97. The molecule has 0 atom stereocenters. The molecule has 2 rings (SSSR count). The van der Waals surface area contributed by atoms with Crippen LogP contribution in [-0.4, -0.2) is 36.6 Å². The van der Waals surface area contributed by atoms with Gasteiger partial charge in [0.25, 0.3) is 5.91 Å². The fourth-order valence-corrected chi connectivity index (χ4v) is 2.70. The molecule has 1 heterocycles. The van der Waals surface area contributed by atoms with Gasteiger partial charge in [0.1, 0.15) is 6.61 Å². The Morgan fingerprint density at radius 3 is 2.48 bits per heavy atom. The van der Waals surface area contributed by atoms with E-state index in [9.17, 15) is 4.79 Å². The van der Waals surface area contributed by atoms with E-state index in [1.165, 1.54) is 0 Å². The molecule has 0 aromatic heterocycles. The van der Waals surface area contributed by atoms with Crippen LogP contribution < -0.4 is 9.47 Å². The smallest absolute Gasteiger partial charge is 0.253 e. The molecule has 0 saturated heterocycles. The molecular formula is C17H23NO3. The Morgan fingerprint density at radius 2 is 1.90 bits per heavy atom. The average molecular weight is 289 g/mol. The van der Waals surface area contributed by atoms with E-state index < -0.39 is 0 Å². The summed E-state index contributed by atoms with van der Waals surface area (Å²) in [6.45, 7) is 8.39. The molecule has 21 heavy (non-hydrogen) atoms. The number of para-hydroxylation sites is 1. The van der Waals surface area contributed by atoms with Crippen molar-refractivity contribution in [1.29, 1.82) is 0 Å². The lowest BCUT2D eigenvalue weighted by atomic mass is 10.0. The normalized spacial score (nSPS) is 13.6. The van der Waals surface area contributed by atoms with Gasteiger partial charge in [-0.05, 0) is 39.8 Å². The Labute approximate surface area is 126 Å². The van der Waals surface area contributed by atoms with Crippen molar-refractivity contribution in [3.05, 3.63) is 29.3 Å². The minimum absolute atomic E-state index is 0.0356. The largest absolute Gasteiger partial charge is 0.493 e. The molecule has 1 aromatic carbocycles. The second kappa shape index (κ2) is 6.20. The topological polar surface area (TPSA) is 38.8 Å². The molecular weight excluding hydrogens is 266 g/mol. The van der Waals surface area contributed by atoms with Crippen LogP contribution in [0.1, 0.15) is 33.3 Å². The number of carbonyl (C=O) groups excluding carboxylic acids is 1. The summed E-state index contributed by atoms with van der Waals surface area (Å²) in [5.41, 5.74) is 1.56. The monoisotopic (exact) mass is 289 g/mol. The first-order chi connectivity index (χ1) is 9.95. The molecule has 0 saturated carbocycles. The Morgan fingerprint density at radius 1 is 1.24 bits per heavy atom. The van der Waals surface area contributed by atoms with Gasteiger partial charge in [0.15, 0.2) is 11.5 Å². The van der Waals surface area contributed by atoms with E-state index in [0.29, 0.717) is 17.1 Å². The Bertz CT molecular complexity index is 553. The summed E-state index contributed by atoms with van der Waals surface area (Å²) in [4.78, 5) is 14.6. The van der Waals surface area contributed by atoms with E-state index in [1.54, 1.807) is 7.11 Å². The van der Waals surface area contributed by atoms with Crippen molar-refractivity contribution in [2.45, 2.75) is 39.8 Å². The van der Waals surface area contributed by atoms with Crippen molar-refractivity contribution in [3.63, 3.8) is 0 Å². The first-order valence-corrected chi connectivity index (χ1v) is 7.28. The number of fused-ring (bicyclic) bond motifs is 1. The zero-order chi connectivity index (χ0) is 15.6. The molecule has 0 fully saturated rings. The molecule has 1 aliphatic heterocycles. The van der Waals surface area contributed by atoms with Crippen LogP contribution in [0.15, 0.2) is 23.8 Å². The van der Waals surface area contributed by atoms with Crippen LogP contribution in [0.25, 0.3) is 6.08 Å². The van der Waals surface area contributed by atoms with Gasteiger partial charge in [-0.15, -0.1) is 0 Å². The highest BCUT2D eigenvalue weighted by Gasteiger charge is 2.26. The third-order valence-corrected chi connectivity index (χ3v) is 3.55. The van der Waals surface area contributed by atoms with Gasteiger partial charge in [-0.2, -0.15) is 0 Å². The second-order valence-electron chi connectivity index (χ2n) is 5.74. The molecule has 114 valence electrons. The zero-order valence-corrected chi connectivity index (χ0v) is 13.3. The molecule has 0 radical (unpaired) electrons. The Kier molecular flexibility index (Phi) is 4.56. The van der Waals surface area contributed by atoms with Crippen molar-refractivity contribution in [2.75, 3.05) is 13.7 Å². The molecule has 0 bridgehead atoms. The number of rotatable bonds is 4. The molecule has 0 aliphatic carbocycles. The van der Waals surface area contributed by atoms with Gasteiger partial charge in [0.05, 0.1) is 12.7 Å². The van der Waals surface area contributed by atoms with E-state index in [4.69, 9.17) is 9.47 Å². The number of hydrogen-bond donors (Lipinski definition) is 0. The van der Waals surface area contributed by atoms with Crippen molar-refractivity contribution < 1.29 is 14.3 Å². The van der Waals surface area contributed by atoms with Crippen LogP contribution in [-0.2, 0) is 4.79 Å². The standard InChI is InChI=1S/C17H23NO3/c1-11(2)18(12(3)4)17(19)14-9-13-7-6-8-15(20-5)16(13)21-10-14/h6-9,11-12H,10H2,1-5H3.